The third-order valence-corrected chi connectivity index (χ3v) is 6.51. The van der Waals surface area contributed by atoms with Crippen molar-refractivity contribution >= 4 is 17.9 Å². The SMILES string of the molecule is CN(CC(=O)NC1CCC([C@H](N)C(=O)N2CCC[C@H]2C#N)CC1)C(=O)OCc1ccccc1. The Bertz CT molecular complexity index is 863. The zero-order valence-electron chi connectivity index (χ0n) is 19.1. The van der Waals surface area contributed by atoms with Crippen molar-refractivity contribution in [2.75, 3.05) is 20.1 Å². The third kappa shape index (κ3) is 6.68. The van der Waals surface area contributed by atoms with E-state index in [2.05, 4.69) is 11.4 Å². The Morgan fingerprint density at radius 1 is 1.21 bits per heavy atom. The van der Waals surface area contributed by atoms with Crippen LogP contribution in [0.2, 0.25) is 0 Å². The Hall–Kier alpha value is -3.12. The van der Waals surface area contributed by atoms with E-state index in [0.29, 0.717) is 13.0 Å². The number of hydrogen-bond acceptors (Lipinski definition) is 6. The minimum absolute atomic E-state index is 0.0107. The number of ether oxygens (including phenoxy) is 1. The summed E-state index contributed by atoms with van der Waals surface area (Å²) in [6.07, 6.45) is 3.91. The normalized spacial score (nSPS) is 23.3. The molecule has 2 atom stereocenters. The summed E-state index contributed by atoms with van der Waals surface area (Å²) in [5.41, 5.74) is 7.14. The van der Waals surface area contributed by atoms with Crippen molar-refractivity contribution < 1.29 is 19.1 Å². The van der Waals surface area contributed by atoms with Crippen LogP contribution in [0.5, 0.6) is 0 Å². The summed E-state index contributed by atoms with van der Waals surface area (Å²) in [5.74, 6) is -0.338. The number of hydrogen-bond donors (Lipinski definition) is 2. The number of nitrogens with zero attached hydrogens (tertiary/aromatic N) is 3. The number of nitriles is 1. The summed E-state index contributed by atoms with van der Waals surface area (Å²) in [5, 5.41) is 12.2. The van der Waals surface area contributed by atoms with E-state index in [1.165, 1.54) is 11.9 Å². The molecule has 9 nitrogen and oxygen atoms in total. The van der Waals surface area contributed by atoms with Crippen LogP contribution in [0.25, 0.3) is 0 Å². The van der Waals surface area contributed by atoms with Gasteiger partial charge >= 0.3 is 6.09 Å². The lowest BCUT2D eigenvalue weighted by Gasteiger charge is -2.34. The van der Waals surface area contributed by atoms with Crippen LogP contribution in [0, 0.1) is 17.2 Å². The number of carbonyl (C=O) groups is 3. The fraction of sp³-hybridized carbons (Fsp3) is 0.583. The highest BCUT2D eigenvalue weighted by Gasteiger charge is 2.36. The fourth-order valence-electron chi connectivity index (χ4n) is 4.56. The standard InChI is InChI=1S/C24H33N5O4/c1-28(24(32)33-16-17-6-3-2-4-7-17)15-21(30)27-19-11-9-18(10-12-19)22(26)23(31)29-13-5-8-20(29)14-25/h2-4,6-7,18-20,22H,5,8-13,15-16,26H2,1H3,(H,27,30)/t18?,19?,20-,22-/m0/s1. The molecule has 1 aliphatic heterocycles. The van der Waals surface area contributed by atoms with Crippen molar-refractivity contribution in [3.8, 4) is 6.07 Å². The van der Waals surface area contributed by atoms with E-state index in [0.717, 1.165) is 37.7 Å². The predicted octanol–water partition coefficient (Wildman–Crippen LogP) is 1.77. The highest BCUT2D eigenvalue weighted by molar-refractivity contribution is 5.83. The summed E-state index contributed by atoms with van der Waals surface area (Å²) < 4.78 is 5.24. The van der Waals surface area contributed by atoms with Crippen LogP contribution in [0.3, 0.4) is 0 Å². The van der Waals surface area contributed by atoms with Gasteiger partial charge in [0.15, 0.2) is 0 Å². The van der Waals surface area contributed by atoms with Gasteiger partial charge in [-0.15, -0.1) is 0 Å². The maximum Gasteiger partial charge on any atom is 0.410 e. The highest BCUT2D eigenvalue weighted by atomic mass is 16.6. The molecule has 3 amide bonds. The molecule has 0 aromatic heterocycles. The molecule has 1 saturated carbocycles. The van der Waals surface area contributed by atoms with Crippen molar-refractivity contribution in [2.45, 2.75) is 63.3 Å². The number of rotatable bonds is 7. The van der Waals surface area contributed by atoms with Crippen molar-refractivity contribution in [3.05, 3.63) is 35.9 Å². The topological polar surface area (TPSA) is 129 Å². The number of nitrogens with two attached hydrogens (primary N) is 1. The van der Waals surface area contributed by atoms with E-state index < -0.39 is 12.1 Å². The van der Waals surface area contributed by atoms with Gasteiger partial charge in [0.2, 0.25) is 11.8 Å². The Kier molecular flexibility index (Phi) is 8.66. The number of likely N-dealkylation sites (N-methyl/N-ethyl adjacent to an activating group) is 1. The van der Waals surface area contributed by atoms with Crippen LogP contribution in [-0.4, -0.2) is 66.0 Å². The summed E-state index contributed by atoms with van der Waals surface area (Å²) in [7, 11) is 1.53. The van der Waals surface area contributed by atoms with E-state index >= 15 is 0 Å². The van der Waals surface area contributed by atoms with E-state index in [1.807, 2.05) is 30.3 Å². The molecule has 3 rings (SSSR count). The van der Waals surface area contributed by atoms with Crippen LogP contribution in [0.15, 0.2) is 30.3 Å². The van der Waals surface area contributed by atoms with Gasteiger partial charge in [0, 0.05) is 19.6 Å². The van der Waals surface area contributed by atoms with Gasteiger partial charge in [-0.3, -0.25) is 9.59 Å². The molecule has 2 aliphatic rings. The van der Waals surface area contributed by atoms with E-state index in [4.69, 9.17) is 10.5 Å². The second-order valence-electron chi connectivity index (χ2n) is 8.92. The van der Waals surface area contributed by atoms with Gasteiger partial charge in [-0.05, 0) is 50.0 Å². The van der Waals surface area contributed by atoms with Gasteiger partial charge in [-0.2, -0.15) is 5.26 Å². The molecule has 1 aromatic carbocycles. The van der Waals surface area contributed by atoms with Gasteiger partial charge in [-0.1, -0.05) is 30.3 Å². The fourth-order valence-corrected chi connectivity index (χ4v) is 4.56. The molecule has 0 spiro atoms. The minimum atomic E-state index is -0.610. The number of likely N-dealkylation sites (tertiary alicyclic amines) is 1. The highest BCUT2D eigenvalue weighted by Crippen LogP contribution is 2.28. The lowest BCUT2D eigenvalue weighted by Crippen LogP contribution is -2.51. The molecule has 0 bridgehead atoms. The van der Waals surface area contributed by atoms with Crippen molar-refractivity contribution in [1.29, 1.82) is 5.26 Å². The van der Waals surface area contributed by atoms with Crippen LogP contribution in [0.1, 0.15) is 44.1 Å². The van der Waals surface area contributed by atoms with E-state index in [9.17, 15) is 19.6 Å². The Morgan fingerprint density at radius 3 is 2.58 bits per heavy atom. The molecule has 1 aromatic rings. The molecule has 0 unspecified atom stereocenters. The van der Waals surface area contributed by atoms with Gasteiger partial charge < -0.3 is 25.6 Å². The average Bonchev–Trinajstić information content (AvgIpc) is 3.31. The van der Waals surface area contributed by atoms with E-state index in [1.54, 1.807) is 4.90 Å². The Morgan fingerprint density at radius 2 is 1.91 bits per heavy atom. The molecule has 1 saturated heterocycles. The van der Waals surface area contributed by atoms with Gasteiger partial charge in [0.05, 0.1) is 12.1 Å². The Balaban J connectivity index is 1.37. The molecular weight excluding hydrogens is 422 g/mol. The predicted molar refractivity (Wildman–Crippen MR) is 121 cm³/mol. The molecule has 1 heterocycles. The van der Waals surface area contributed by atoms with Crippen LogP contribution in [-0.2, 0) is 20.9 Å². The van der Waals surface area contributed by atoms with Crippen LogP contribution in [0.4, 0.5) is 4.79 Å². The van der Waals surface area contributed by atoms with Gasteiger partial charge in [0.25, 0.3) is 0 Å². The average molecular weight is 456 g/mol. The second-order valence-corrected chi connectivity index (χ2v) is 8.92. The summed E-state index contributed by atoms with van der Waals surface area (Å²) in [6, 6.07) is 10.6. The summed E-state index contributed by atoms with van der Waals surface area (Å²) in [6.45, 7) is 0.661. The molecule has 3 N–H and O–H groups in total. The molecule has 178 valence electrons. The largest absolute Gasteiger partial charge is 0.445 e. The molecule has 1 aliphatic carbocycles. The van der Waals surface area contributed by atoms with E-state index in [-0.39, 0.29) is 43.0 Å². The first-order valence-corrected chi connectivity index (χ1v) is 11.6. The number of nitrogens with one attached hydrogen (secondary N) is 1. The number of benzene rings is 1. The van der Waals surface area contributed by atoms with Gasteiger partial charge in [-0.25, -0.2) is 4.79 Å². The molecular formula is C24H33N5O4. The third-order valence-electron chi connectivity index (χ3n) is 6.51. The van der Waals surface area contributed by atoms with Crippen LogP contribution >= 0.6 is 0 Å². The molecule has 2 fully saturated rings. The first-order chi connectivity index (χ1) is 15.9. The zero-order valence-corrected chi connectivity index (χ0v) is 19.1. The summed E-state index contributed by atoms with van der Waals surface area (Å²) >= 11 is 0. The minimum Gasteiger partial charge on any atom is -0.445 e. The van der Waals surface area contributed by atoms with Crippen molar-refractivity contribution in [1.82, 2.24) is 15.1 Å². The quantitative estimate of drug-likeness (QED) is 0.645. The first-order valence-electron chi connectivity index (χ1n) is 11.6. The van der Waals surface area contributed by atoms with Crippen LogP contribution < -0.4 is 11.1 Å². The second kappa shape index (κ2) is 11.7. The first kappa shape index (κ1) is 24.5. The molecule has 33 heavy (non-hydrogen) atoms. The number of amides is 3. The summed E-state index contributed by atoms with van der Waals surface area (Å²) in [4.78, 5) is 40.1. The van der Waals surface area contributed by atoms with Crippen molar-refractivity contribution in [3.63, 3.8) is 0 Å². The lowest BCUT2D eigenvalue weighted by atomic mass is 9.81. The number of carbonyl (C=O) groups excluding carboxylic acids is 3. The maximum atomic E-state index is 12.7. The maximum absolute atomic E-state index is 12.7. The smallest absolute Gasteiger partial charge is 0.410 e. The zero-order chi connectivity index (χ0) is 23.8. The lowest BCUT2D eigenvalue weighted by molar-refractivity contribution is -0.134. The molecule has 0 radical (unpaired) electrons. The molecule has 9 heteroatoms. The van der Waals surface area contributed by atoms with Crippen molar-refractivity contribution in [2.24, 2.45) is 11.7 Å². The van der Waals surface area contributed by atoms with Gasteiger partial charge in [0.1, 0.15) is 19.2 Å². The monoisotopic (exact) mass is 455 g/mol. The Labute approximate surface area is 194 Å².